The van der Waals surface area contributed by atoms with Gasteiger partial charge in [-0.2, -0.15) is 0 Å². The van der Waals surface area contributed by atoms with Gasteiger partial charge in [0.15, 0.2) is 0 Å². The van der Waals surface area contributed by atoms with E-state index < -0.39 is 0 Å². The smallest absolute Gasteiger partial charge is 0.334 e. The Morgan fingerprint density at radius 1 is 1.80 bits per heavy atom. The van der Waals surface area contributed by atoms with Crippen molar-refractivity contribution in [1.82, 2.24) is 0 Å². The minimum absolute atomic E-state index is 0.130. The average Bonchev–Trinajstić information content (AvgIpc) is 2.34. The molecule has 0 saturated heterocycles. The number of ether oxygens (including phenoxy) is 1. The number of cyclic esters (lactones) is 1. The van der Waals surface area contributed by atoms with Crippen molar-refractivity contribution in [1.29, 1.82) is 0 Å². The Kier molecular flexibility index (Phi) is 2.10. The number of carbonyl (C=O) groups excluding carboxylic acids is 1. The van der Waals surface area contributed by atoms with E-state index >= 15 is 0 Å². The first-order chi connectivity index (χ1) is 4.75. The first-order valence-corrected chi connectivity index (χ1v) is 3.63. The highest BCUT2D eigenvalue weighted by Crippen LogP contribution is 2.19. The number of hydrogen-bond acceptors (Lipinski definition) is 2. The third-order valence-electron chi connectivity index (χ3n) is 1.90. The second-order valence-corrected chi connectivity index (χ2v) is 2.57. The third-order valence-corrected chi connectivity index (χ3v) is 1.90. The van der Waals surface area contributed by atoms with Gasteiger partial charge in [0.2, 0.25) is 0 Å². The Morgan fingerprint density at radius 3 is 2.90 bits per heavy atom. The number of rotatable bonds is 2. The van der Waals surface area contributed by atoms with Gasteiger partial charge < -0.3 is 4.74 Å². The third kappa shape index (κ3) is 1.20. The van der Waals surface area contributed by atoms with E-state index in [1.165, 1.54) is 0 Å². The summed E-state index contributed by atoms with van der Waals surface area (Å²) in [7, 11) is 0. The van der Waals surface area contributed by atoms with Gasteiger partial charge in [-0.05, 0) is 18.4 Å². The molecule has 0 spiro atoms. The van der Waals surface area contributed by atoms with Crippen molar-refractivity contribution in [2.75, 3.05) is 6.61 Å². The Balaban J connectivity index is 2.62. The van der Waals surface area contributed by atoms with Crippen molar-refractivity contribution in [2.45, 2.75) is 20.3 Å². The molecule has 0 saturated carbocycles. The molecule has 2 nitrogen and oxygen atoms in total. The zero-order chi connectivity index (χ0) is 7.56. The Labute approximate surface area is 60.9 Å². The molecule has 2 heteroatoms. The van der Waals surface area contributed by atoms with Gasteiger partial charge in [-0.3, -0.25) is 0 Å². The molecular weight excluding hydrogens is 128 g/mol. The fourth-order valence-electron chi connectivity index (χ4n) is 0.996. The van der Waals surface area contributed by atoms with E-state index in [1.807, 2.05) is 13.0 Å². The lowest BCUT2D eigenvalue weighted by atomic mass is 9.99. The van der Waals surface area contributed by atoms with Gasteiger partial charge in [0, 0.05) is 5.57 Å². The maximum Gasteiger partial charge on any atom is 0.334 e. The fraction of sp³-hybridized carbons (Fsp3) is 0.625. The van der Waals surface area contributed by atoms with E-state index in [0.29, 0.717) is 12.5 Å². The van der Waals surface area contributed by atoms with Gasteiger partial charge >= 0.3 is 5.97 Å². The first kappa shape index (κ1) is 7.32. The van der Waals surface area contributed by atoms with Crippen LogP contribution < -0.4 is 0 Å². The van der Waals surface area contributed by atoms with Crippen LogP contribution in [0.15, 0.2) is 11.6 Å². The van der Waals surface area contributed by atoms with E-state index in [1.54, 1.807) is 0 Å². The molecule has 0 N–H and O–H groups in total. The van der Waals surface area contributed by atoms with E-state index in [2.05, 4.69) is 6.92 Å². The first-order valence-electron chi connectivity index (χ1n) is 3.63. The largest absolute Gasteiger partial charge is 0.458 e. The predicted octanol–water partition coefficient (Wildman–Crippen LogP) is 1.52. The summed E-state index contributed by atoms with van der Waals surface area (Å²) in [5.41, 5.74) is 0.850. The highest BCUT2D eigenvalue weighted by Gasteiger charge is 2.20. The summed E-state index contributed by atoms with van der Waals surface area (Å²) in [4.78, 5) is 10.9. The summed E-state index contributed by atoms with van der Waals surface area (Å²) in [6.45, 7) is 4.58. The van der Waals surface area contributed by atoms with Crippen LogP contribution >= 0.6 is 0 Å². The van der Waals surface area contributed by atoms with Crippen molar-refractivity contribution in [3.8, 4) is 0 Å². The molecular formula is C8H12O2. The van der Waals surface area contributed by atoms with Crippen LogP contribution in [0.4, 0.5) is 0 Å². The maximum atomic E-state index is 10.9. The molecule has 0 aliphatic carbocycles. The zero-order valence-corrected chi connectivity index (χ0v) is 6.39. The van der Waals surface area contributed by atoms with E-state index in [9.17, 15) is 4.79 Å². The molecule has 10 heavy (non-hydrogen) atoms. The molecule has 1 aliphatic rings. The number of hydrogen-bond donors (Lipinski definition) is 0. The monoisotopic (exact) mass is 140 g/mol. The predicted molar refractivity (Wildman–Crippen MR) is 38.5 cm³/mol. The summed E-state index contributed by atoms with van der Waals surface area (Å²) in [6.07, 6.45) is 2.87. The lowest BCUT2D eigenvalue weighted by molar-refractivity contribution is -0.136. The normalized spacial score (nSPS) is 20.2. The van der Waals surface area contributed by atoms with Crippen LogP contribution in [-0.4, -0.2) is 12.6 Å². The minimum Gasteiger partial charge on any atom is -0.458 e. The summed E-state index contributed by atoms with van der Waals surface area (Å²) < 4.78 is 4.76. The van der Waals surface area contributed by atoms with E-state index in [-0.39, 0.29) is 5.97 Å². The van der Waals surface area contributed by atoms with Gasteiger partial charge in [0.05, 0.1) is 0 Å². The standard InChI is InChI=1S/C8H12O2/c1-3-6(2)7-4-5-10-8(7)9/h4,6H,3,5H2,1-2H3. The highest BCUT2D eigenvalue weighted by molar-refractivity contribution is 5.90. The summed E-state index contributed by atoms with van der Waals surface area (Å²) in [5, 5.41) is 0. The maximum absolute atomic E-state index is 10.9. The van der Waals surface area contributed by atoms with Gasteiger partial charge in [-0.15, -0.1) is 0 Å². The van der Waals surface area contributed by atoms with Crippen molar-refractivity contribution in [3.63, 3.8) is 0 Å². The fourth-order valence-corrected chi connectivity index (χ4v) is 0.996. The molecule has 0 aromatic rings. The molecule has 0 radical (unpaired) electrons. The summed E-state index contributed by atoms with van der Waals surface area (Å²) in [6, 6.07) is 0. The Morgan fingerprint density at radius 2 is 2.50 bits per heavy atom. The number of esters is 1. The molecule has 1 aliphatic heterocycles. The van der Waals surface area contributed by atoms with E-state index in [4.69, 9.17) is 4.74 Å². The van der Waals surface area contributed by atoms with Gasteiger partial charge in [0.25, 0.3) is 0 Å². The van der Waals surface area contributed by atoms with E-state index in [0.717, 1.165) is 12.0 Å². The molecule has 1 heterocycles. The quantitative estimate of drug-likeness (QED) is 0.543. The van der Waals surface area contributed by atoms with Crippen molar-refractivity contribution < 1.29 is 9.53 Å². The van der Waals surface area contributed by atoms with Crippen LogP contribution in [0.5, 0.6) is 0 Å². The van der Waals surface area contributed by atoms with Gasteiger partial charge in [-0.25, -0.2) is 4.79 Å². The van der Waals surface area contributed by atoms with Gasteiger partial charge in [-0.1, -0.05) is 13.8 Å². The van der Waals surface area contributed by atoms with Crippen LogP contribution in [0.2, 0.25) is 0 Å². The average molecular weight is 140 g/mol. The van der Waals surface area contributed by atoms with Crippen molar-refractivity contribution >= 4 is 5.97 Å². The lowest BCUT2D eigenvalue weighted by Gasteiger charge is -2.05. The molecule has 0 fully saturated rings. The Bertz CT molecular complexity index is 170. The van der Waals surface area contributed by atoms with Crippen molar-refractivity contribution in [2.24, 2.45) is 5.92 Å². The molecule has 0 bridgehead atoms. The SMILES string of the molecule is CCC(C)C1=CCOC1=O. The highest BCUT2D eigenvalue weighted by atomic mass is 16.5. The second-order valence-electron chi connectivity index (χ2n) is 2.57. The van der Waals surface area contributed by atoms with Crippen LogP contribution in [0.3, 0.4) is 0 Å². The molecule has 0 amide bonds. The van der Waals surface area contributed by atoms with Crippen LogP contribution in [0.25, 0.3) is 0 Å². The summed E-state index contributed by atoms with van der Waals surface area (Å²) in [5.74, 6) is 0.226. The second kappa shape index (κ2) is 2.86. The van der Waals surface area contributed by atoms with Crippen molar-refractivity contribution in [3.05, 3.63) is 11.6 Å². The Hall–Kier alpha value is -0.790. The molecule has 56 valence electrons. The van der Waals surface area contributed by atoms with Crippen LogP contribution in [0.1, 0.15) is 20.3 Å². The minimum atomic E-state index is -0.130. The zero-order valence-electron chi connectivity index (χ0n) is 6.39. The van der Waals surface area contributed by atoms with Crippen LogP contribution in [-0.2, 0) is 9.53 Å². The van der Waals surface area contributed by atoms with Gasteiger partial charge in [0.1, 0.15) is 6.61 Å². The molecule has 1 rings (SSSR count). The topological polar surface area (TPSA) is 26.3 Å². The molecule has 0 aromatic carbocycles. The summed E-state index contributed by atoms with van der Waals surface area (Å²) >= 11 is 0. The lowest BCUT2D eigenvalue weighted by Crippen LogP contribution is -2.06. The van der Waals surface area contributed by atoms with Crippen LogP contribution in [0, 0.1) is 5.92 Å². The molecule has 1 unspecified atom stereocenters. The molecule has 1 atom stereocenters. The molecule has 0 aromatic heterocycles. The number of carbonyl (C=O) groups is 1.